The van der Waals surface area contributed by atoms with Crippen molar-refractivity contribution in [1.82, 2.24) is 0 Å². The molecule has 0 spiro atoms. The monoisotopic (exact) mass is 503 g/mol. The van der Waals surface area contributed by atoms with Gasteiger partial charge in [0.15, 0.2) is 6.29 Å². The van der Waals surface area contributed by atoms with E-state index in [9.17, 15) is 25.5 Å². The third-order valence-corrected chi connectivity index (χ3v) is 4.28. The van der Waals surface area contributed by atoms with E-state index in [0.29, 0.717) is 0 Å². The quantitative estimate of drug-likeness (QED) is 0.172. The average Bonchev–Trinajstić information content (AvgIpc) is 2.68. The predicted octanol–water partition coefficient (Wildman–Crippen LogP) is -4.81. The lowest BCUT2D eigenvalue weighted by atomic mass is 9.84. The van der Waals surface area contributed by atoms with Gasteiger partial charge in [0.1, 0.15) is 36.6 Å². The molecule has 0 aromatic rings. The summed E-state index contributed by atoms with van der Waals surface area (Å²) in [6, 6.07) is -1.38. The van der Waals surface area contributed by atoms with E-state index in [4.69, 9.17) is 56.4 Å². The molecule has 0 radical (unpaired) electrons. The van der Waals surface area contributed by atoms with Crippen LogP contribution in [0.4, 0.5) is 0 Å². The van der Waals surface area contributed by atoms with Crippen LogP contribution in [-0.2, 0) is 23.9 Å². The van der Waals surface area contributed by atoms with Gasteiger partial charge in [0.05, 0.1) is 6.10 Å². The van der Waals surface area contributed by atoms with Crippen molar-refractivity contribution in [3.05, 3.63) is 0 Å². The SMILES string of the molecule is CC(=O)O.CC(=O)O.CC(=O)O.NC[C@H]1O[C@H](O[C@H]2[C@H](O)[C@@H](O)[C@H](N)C[C@@H]2N)[C@H](O)[C@@H](O)[C@@H]1O. The molecule has 2 rings (SSSR count). The standard InChI is InChI=1S/C12H25N3O7.3C2H4O2/c13-2-5-7(17)8(18)10(20)12(21-5)22-11-4(15)1-3(14)6(16)9(11)19;3*1-2(3)4/h3-12,16-20H,1-2,13-15H2;3*1H3,(H,3,4)/t3-,4+,5-,6+,7-,8+,9-,10-,11-,12-;;;/m1.../s1. The van der Waals surface area contributed by atoms with Gasteiger partial charge in [-0.3, -0.25) is 14.4 Å². The molecule has 1 saturated carbocycles. The van der Waals surface area contributed by atoms with E-state index in [0.717, 1.165) is 20.8 Å². The number of hydrogen-bond acceptors (Lipinski definition) is 13. The van der Waals surface area contributed by atoms with Crippen molar-refractivity contribution in [2.75, 3.05) is 6.54 Å². The second-order valence-corrected chi connectivity index (χ2v) is 7.45. The van der Waals surface area contributed by atoms with Crippen LogP contribution in [0.2, 0.25) is 0 Å². The molecule has 0 aromatic heterocycles. The first kappa shape index (κ1) is 34.2. The molecule has 1 aliphatic heterocycles. The van der Waals surface area contributed by atoms with Gasteiger partial charge in [-0.1, -0.05) is 0 Å². The van der Waals surface area contributed by atoms with Gasteiger partial charge in [0, 0.05) is 39.4 Å². The number of aliphatic hydroxyl groups excluding tert-OH is 5. The number of carboxylic acids is 3. The van der Waals surface area contributed by atoms with E-state index in [1.165, 1.54) is 0 Å². The number of carboxylic acid groups (broad SMARTS) is 3. The van der Waals surface area contributed by atoms with Crippen molar-refractivity contribution < 1.29 is 64.7 Å². The second-order valence-electron chi connectivity index (χ2n) is 7.45. The zero-order chi connectivity index (χ0) is 27.3. The summed E-state index contributed by atoms with van der Waals surface area (Å²) < 4.78 is 10.8. The summed E-state index contributed by atoms with van der Waals surface area (Å²) in [5, 5.41) is 71.5. The van der Waals surface area contributed by atoms with Crippen LogP contribution in [0.3, 0.4) is 0 Å². The lowest BCUT2D eigenvalue weighted by molar-refractivity contribution is -0.318. The first-order chi connectivity index (χ1) is 15.5. The van der Waals surface area contributed by atoms with Gasteiger partial charge in [0.25, 0.3) is 17.9 Å². The van der Waals surface area contributed by atoms with Crippen LogP contribution in [0.15, 0.2) is 0 Å². The largest absolute Gasteiger partial charge is 0.481 e. The minimum atomic E-state index is -1.55. The highest BCUT2D eigenvalue weighted by molar-refractivity contribution is 5.63. The van der Waals surface area contributed by atoms with Crippen molar-refractivity contribution in [2.24, 2.45) is 17.2 Å². The molecule has 2 aliphatic rings. The Balaban J connectivity index is 0. The predicted molar refractivity (Wildman–Crippen MR) is 113 cm³/mol. The van der Waals surface area contributed by atoms with Crippen LogP contribution in [-0.4, -0.2) is 126 Å². The van der Waals surface area contributed by atoms with E-state index in [1.54, 1.807) is 0 Å². The van der Waals surface area contributed by atoms with E-state index >= 15 is 0 Å². The van der Waals surface area contributed by atoms with Gasteiger partial charge in [0.2, 0.25) is 0 Å². The van der Waals surface area contributed by atoms with Crippen molar-refractivity contribution in [1.29, 1.82) is 0 Å². The molecule has 1 saturated heterocycles. The van der Waals surface area contributed by atoms with Gasteiger partial charge >= 0.3 is 0 Å². The van der Waals surface area contributed by atoms with E-state index in [1.807, 2.05) is 0 Å². The molecule has 16 nitrogen and oxygen atoms in total. The number of rotatable bonds is 3. The molecular formula is C18H37N3O13. The van der Waals surface area contributed by atoms with Gasteiger partial charge in [-0.15, -0.1) is 0 Å². The molecule has 0 aromatic carbocycles. The van der Waals surface area contributed by atoms with Crippen molar-refractivity contribution >= 4 is 17.9 Å². The lowest BCUT2D eigenvalue weighted by Crippen LogP contribution is -2.65. The van der Waals surface area contributed by atoms with E-state index in [-0.39, 0.29) is 13.0 Å². The summed E-state index contributed by atoms with van der Waals surface area (Å²) in [5.74, 6) is -2.50. The smallest absolute Gasteiger partial charge is 0.300 e. The van der Waals surface area contributed by atoms with Crippen LogP contribution in [0.1, 0.15) is 27.2 Å². The lowest BCUT2D eigenvalue weighted by Gasteiger charge is -2.45. The van der Waals surface area contributed by atoms with Crippen LogP contribution in [0.25, 0.3) is 0 Å². The molecule has 1 aliphatic carbocycles. The Hall–Kier alpha value is -1.99. The molecule has 0 bridgehead atoms. The van der Waals surface area contributed by atoms with Gasteiger partial charge < -0.3 is 67.5 Å². The minimum Gasteiger partial charge on any atom is -0.481 e. The highest BCUT2D eigenvalue weighted by Crippen LogP contribution is 2.27. The number of hydrogen-bond donors (Lipinski definition) is 11. The Morgan fingerprint density at radius 3 is 1.56 bits per heavy atom. The minimum absolute atomic E-state index is 0.0996. The summed E-state index contributed by atoms with van der Waals surface area (Å²) in [6.07, 6.45) is -10.1. The Labute approximate surface area is 195 Å². The van der Waals surface area contributed by atoms with Crippen LogP contribution >= 0.6 is 0 Å². The topological polar surface area (TPSA) is 310 Å². The molecule has 0 amide bonds. The molecule has 202 valence electrons. The van der Waals surface area contributed by atoms with E-state index < -0.39 is 79.0 Å². The first-order valence-corrected chi connectivity index (χ1v) is 9.98. The number of ether oxygens (including phenoxy) is 2. The number of nitrogens with two attached hydrogens (primary N) is 3. The second kappa shape index (κ2) is 16.6. The molecule has 14 N–H and O–H groups in total. The normalized spacial score (nSPS) is 36.8. The Morgan fingerprint density at radius 2 is 1.18 bits per heavy atom. The summed E-state index contributed by atoms with van der Waals surface area (Å²) in [4.78, 5) is 27.0. The maximum atomic E-state index is 10.0. The summed E-state index contributed by atoms with van der Waals surface area (Å²) in [5.41, 5.74) is 16.9. The zero-order valence-electron chi connectivity index (χ0n) is 19.0. The van der Waals surface area contributed by atoms with Crippen molar-refractivity contribution in [2.45, 2.75) is 88.3 Å². The van der Waals surface area contributed by atoms with Gasteiger partial charge in [-0.25, -0.2) is 0 Å². The molecule has 2 fully saturated rings. The van der Waals surface area contributed by atoms with Crippen molar-refractivity contribution in [3.8, 4) is 0 Å². The maximum Gasteiger partial charge on any atom is 0.300 e. The van der Waals surface area contributed by atoms with Crippen molar-refractivity contribution in [3.63, 3.8) is 0 Å². The van der Waals surface area contributed by atoms with Crippen LogP contribution < -0.4 is 17.2 Å². The highest BCUT2D eigenvalue weighted by atomic mass is 16.7. The highest BCUT2D eigenvalue weighted by Gasteiger charge is 2.48. The van der Waals surface area contributed by atoms with Gasteiger partial charge in [-0.05, 0) is 6.42 Å². The average molecular weight is 504 g/mol. The van der Waals surface area contributed by atoms with E-state index in [2.05, 4.69) is 0 Å². The first-order valence-electron chi connectivity index (χ1n) is 9.98. The Kier molecular flexibility index (Phi) is 16.7. The number of carbonyl (C=O) groups is 3. The number of aliphatic hydroxyl groups is 5. The zero-order valence-corrected chi connectivity index (χ0v) is 19.0. The Bertz CT molecular complexity index is 583. The molecular weight excluding hydrogens is 466 g/mol. The fraction of sp³-hybridized carbons (Fsp3) is 0.833. The summed E-state index contributed by atoms with van der Waals surface area (Å²) in [6.45, 7) is 3.15. The summed E-state index contributed by atoms with van der Waals surface area (Å²) in [7, 11) is 0. The summed E-state index contributed by atoms with van der Waals surface area (Å²) >= 11 is 0. The maximum absolute atomic E-state index is 10.0. The van der Waals surface area contributed by atoms with Gasteiger partial charge in [-0.2, -0.15) is 0 Å². The molecule has 16 heteroatoms. The van der Waals surface area contributed by atoms with Crippen LogP contribution in [0, 0.1) is 0 Å². The number of aliphatic carboxylic acids is 3. The molecule has 0 unspecified atom stereocenters. The molecule has 34 heavy (non-hydrogen) atoms. The third-order valence-electron chi connectivity index (χ3n) is 4.28. The fourth-order valence-electron chi connectivity index (χ4n) is 2.85. The third kappa shape index (κ3) is 13.0. The Morgan fingerprint density at radius 1 is 0.765 bits per heavy atom. The van der Waals surface area contributed by atoms with Crippen LogP contribution in [0.5, 0.6) is 0 Å². The molecule has 1 heterocycles. The molecule has 10 atom stereocenters. The fourth-order valence-corrected chi connectivity index (χ4v) is 2.85.